The number of nitrogens with zero attached hydrogens (tertiary/aromatic N) is 4. The molecule has 0 aliphatic carbocycles. The zero-order chi connectivity index (χ0) is 14.1. The summed E-state index contributed by atoms with van der Waals surface area (Å²) in [6, 6.07) is 5.16. The molecule has 3 rings (SSSR count). The number of halogens is 2. The summed E-state index contributed by atoms with van der Waals surface area (Å²) < 4.78 is 27.6. The highest BCUT2D eigenvalue weighted by Crippen LogP contribution is 2.26. The molecule has 0 bridgehead atoms. The van der Waals surface area contributed by atoms with Gasteiger partial charge in [0.1, 0.15) is 5.69 Å². The van der Waals surface area contributed by atoms with Crippen LogP contribution >= 0.6 is 0 Å². The Balaban J connectivity index is 2.07. The van der Waals surface area contributed by atoms with Gasteiger partial charge in [0, 0.05) is 18.0 Å². The van der Waals surface area contributed by atoms with E-state index in [1.807, 2.05) is 0 Å². The van der Waals surface area contributed by atoms with E-state index in [0.29, 0.717) is 22.9 Å². The molecular weight excluding hydrogens is 264 g/mol. The molecule has 0 radical (unpaired) electrons. The largest absolute Gasteiger partial charge is 0.396 e. The number of nitrogen functional groups attached to an aromatic ring is 1. The van der Waals surface area contributed by atoms with Crippen molar-refractivity contribution in [3.05, 3.63) is 54.5 Å². The van der Waals surface area contributed by atoms with Crippen LogP contribution in [0.4, 0.5) is 14.5 Å². The van der Waals surface area contributed by atoms with Crippen molar-refractivity contribution in [2.45, 2.75) is 0 Å². The van der Waals surface area contributed by atoms with Crippen molar-refractivity contribution in [3.63, 3.8) is 0 Å². The van der Waals surface area contributed by atoms with E-state index >= 15 is 0 Å². The molecule has 0 saturated carbocycles. The number of rotatable bonds is 2. The second kappa shape index (κ2) is 4.69. The summed E-state index contributed by atoms with van der Waals surface area (Å²) in [5.74, 6) is -1.53. The average Bonchev–Trinajstić information content (AvgIpc) is 2.85. The lowest BCUT2D eigenvalue weighted by Gasteiger charge is -2.00. The summed E-state index contributed by atoms with van der Waals surface area (Å²) >= 11 is 0. The van der Waals surface area contributed by atoms with E-state index in [4.69, 9.17) is 5.73 Å². The predicted molar refractivity (Wildman–Crippen MR) is 68.9 cm³/mol. The number of nitrogens with two attached hydrogens (primary N) is 1. The smallest absolute Gasteiger partial charge is 0.250 e. The molecule has 2 aromatic heterocycles. The second-order valence-corrected chi connectivity index (χ2v) is 4.06. The minimum Gasteiger partial charge on any atom is -0.396 e. The van der Waals surface area contributed by atoms with Crippen molar-refractivity contribution >= 4 is 5.69 Å². The highest BCUT2D eigenvalue weighted by Gasteiger charge is 2.13. The van der Waals surface area contributed by atoms with E-state index in [9.17, 15) is 8.78 Å². The first-order valence-corrected chi connectivity index (χ1v) is 5.73. The monoisotopic (exact) mass is 273 g/mol. The van der Waals surface area contributed by atoms with Gasteiger partial charge in [-0.25, -0.2) is 23.4 Å². The van der Waals surface area contributed by atoms with Gasteiger partial charge in [-0.05, 0) is 24.3 Å². The van der Waals surface area contributed by atoms with Crippen LogP contribution in [0.25, 0.3) is 17.2 Å². The fraction of sp³-hybridized carbons (Fsp3) is 0. The van der Waals surface area contributed by atoms with E-state index in [1.165, 1.54) is 16.9 Å². The molecule has 0 atom stereocenters. The quantitative estimate of drug-likeness (QED) is 0.777. The Bertz CT molecular complexity index is 755. The first-order chi connectivity index (χ1) is 9.65. The van der Waals surface area contributed by atoms with Gasteiger partial charge in [0.25, 0.3) is 5.95 Å². The van der Waals surface area contributed by atoms with Crippen molar-refractivity contribution in [3.8, 4) is 17.2 Å². The molecule has 0 unspecified atom stereocenters. The number of hydrogen-bond donors (Lipinski definition) is 1. The maximum atomic E-state index is 13.3. The van der Waals surface area contributed by atoms with Crippen molar-refractivity contribution in [2.75, 3.05) is 5.73 Å². The van der Waals surface area contributed by atoms with Gasteiger partial charge in [-0.3, -0.25) is 0 Å². The fourth-order valence-corrected chi connectivity index (χ4v) is 1.77. The zero-order valence-electron chi connectivity index (χ0n) is 10.2. The summed E-state index contributed by atoms with van der Waals surface area (Å²) in [5.41, 5.74) is 6.90. The van der Waals surface area contributed by atoms with Gasteiger partial charge in [-0.15, -0.1) is 0 Å². The third kappa shape index (κ3) is 2.09. The summed E-state index contributed by atoms with van der Waals surface area (Å²) in [5, 5.41) is 4.20. The van der Waals surface area contributed by atoms with Gasteiger partial charge in [0.2, 0.25) is 0 Å². The van der Waals surface area contributed by atoms with Gasteiger partial charge >= 0.3 is 0 Å². The fourth-order valence-electron chi connectivity index (χ4n) is 1.77. The Labute approximate surface area is 112 Å². The summed E-state index contributed by atoms with van der Waals surface area (Å²) in [7, 11) is 0. The maximum absolute atomic E-state index is 13.3. The van der Waals surface area contributed by atoms with Crippen molar-refractivity contribution in [2.24, 2.45) is 0 Å². The molecule has 0 amide bonds. The normalized spacial score (nSPS) is 10.7. The van der Waals surface area contributed by atoms with Crippen LogP contribution in [-0.2, 0) is 0 Å². The van der Waals surface area contributed by atoms with E-state index in [2.05, 4.69) is 15.1 Å². The van der Waals surface area contributed by atoms with Gasteiger partial charge in [-0.1, -0.05) is 0 Å². The summed E-state index contributed by atoms with van der Waals surface area (Å²) in [6.07, 6.45) is 4.65. The second-order valence-electron chi connectivity index (χ2n) is 4.06. The highest BCUT2D eigenvalue weighted by atomic mass is 19.2. The van der Waals surface area contributed by atoms with Crippen molar-refractivity contribution < 1.29 is 8.78 Å². The summed E-state index contributed by atoms with van der Waals surface area (Å²) in [6.45, 7) is 0. The van der Waals surface area contributed by atoms with Gasteiger partial charge < -0.3 is 5.73 Å². The molecule has 0 saturated heterocycles. The number of aromatic nitrogens is 4. The van der Waals surface area contributed by atoms with Crippen LogP contribution in [0.2, 0.25) is 0 Å². The topological polar surface area (TPSA) is 69.6 Å². The van der Waals surface area contributed by atoms with Crippen LogP contribution in [-0.4, -0.2) is 19.7 Å². The maximum Gasteiger partial charge on any atom is 0.250 e. The first-order valence-electron chi connectivity index (χ1n) is 5.73. The molecule has 0 aliphatic heterocycles. The van der Waals surface area contributed by atoms with Gasteiger partial charge in [0.05, 0.1) is 11.9 Å². The molecule has 2 N–H and O–H groups in total. The molecular formula is C13H9F2N5. The van der Waals surface area contributed by atoms with E-state index in [-0.39, 0.29) is 0 Å². The molecule has 5 nitrogen and oxygen atoms in total. The van der Waals surface area contributed by atoms with Crippen LogP contribution in [0.5, 0.6) is 0 Å². The molecule has 0 aliphatic rings. The minimum absolute atomic E-state index is 0.323. The molecule has 20 heavy (non-hydrogen) atoms. The molecule has 3 aromatic rings. The lowest BCUT2D eigenvalue weighted by atomic mass is 10.1. The lowest BCUT2D eigenvalue weighted by Crippen LogP contribution is -2.00. The van der Waals surface area contributed by atoms with E-state index < -0.39 is 11.6 Å². The Hall–Kier alpha value is -2.83. The molecule has 2 heterocycles. The average molecular weight is 273 g/mol. The van der Waals surface area contributed by atoms with Crippen molar-refractivity contribution in [1.82, 2.24) is 19.7 Å². The lowest BCUT2D eigenvalue weighted by molar-refractivity contribution is 0.509. The number of anilines is 1. The molecule has 0 spiro atoms. The Morgan fingerprint density at radius 2 is 1.80 bits per heavy atom. The Kier molecular flexibility index (Phi) is 2.86. The Morgan fingerprint density at radius 3 is 2.50 bits per heavy atom. The van der Waals surface area contributed by atoms with Gasteiger partial charge in [0.15, 0.2) is 11.6 Å². The number of hydrogen-bond acceptors (Lipinski definition) is 4. The van der Waals surface area contributed by atoms with E-state index in [1.54, 1.807) is 18.5 Å². The van der Waals surface area contributed by atoms with Crippen molar-refractivity contribution in [1.29, 1.82) is 0 Å². The standard InChI is InChI=1S/C13H9F2N5/c14-9-3-2-8(6-10(9)15)12-11(16)7-20(19-12)13-17-4-1-5-18-13/h1-7H,16H2. The molecule has 7 heteroatoms. The van der Waals surface area contributed by atoms with Crippen LogP contribution in [0.1, 0.15) is 0 Å². The van der Waals surface area contributed by atoms with Crippen LogP contribution in [0, 0.1) is 11.6 Å². The third-order valence-corrected chi connectivity index (χ3v) is 2.69. The number of benzene rings is 1. The zero-order valence-corrected chi connectivity index (χ0v) is 10.2. The molecule has 0 fully saturated rings. The third-order valence-electron chi connectivity index (χ3n) is 2.69. The predicted octanol–water partition coefficient (Wildman–Crippen LogP) is 2.19. The van der Waals surface area contributed by atoms with Gasteiger partial charge in [-0.2, -0.15) is 5.10 Å². The molecule has 100 valence electrons. The van der Waals surface area contributed by atoms with Crippen LogP contribution in [0.15, 0.2) is 42.9 Å². The van der Waals surface area contributed by atoms with Crippen LogP contribution in [0.3, 0.4) is 0 Å². The first kappa shape index (κ1) is 12.2. The summed E-state index contributed by atoms with van der Waals surface area (Å²) in [4.78, 5) is 8.06. The minimum atomic E-state index is -0.951. The highest BCUT2D eigenvalue weighted by molar-refractivity contribution is 5.72. The Morgan fingerprint density at radius 1 is 1.05 bits per heavy atom. The van der Waals surface area contributed by atoms with E-state index in [0.717, 1.165) is 12.1 Å². The SMILES string of the molecule is Nc1cn(-c2ncccn2)nc1-c1ccc(F)c(F)c1. The molecule has 1 aromatic carbocycles. The van der Waals surface area contributed by atoms with Crippen LogP contribution < -0.4 is 5.73 Å².